The number of hydrogen-bond donors (Lipinski definition) is 0. The van der Waals surface area contributed by atoms with E-state index in [0.717, 1.165) is 12.1 Å². The summed E-state index contributed by atoms with van der Waals surface area (Å²) >= 11 is 0. The Morgan fingerprint density at radius 3 is 2.33 bits per heavy atom. The molecule has 0 bridgehead atoms. The van der Waals surface area contributed by atoms with Crippen molar-refractivity contribution in [1.82, 2.24) is 9.80 Å². The lowest BCUT2D eigenvalue weighted by Gasteiger charge is -2.38. The molecule has 0 unspecified atom stereocenters. The molecule has 0 aromatic rings. The first-order chi connectivity index (χ1) is 7.15. The molecular formula is C13H28N2. The average Bonchev–Trinajstić information content (AvgIpc) is 2.26. The van der Waals surface area contributed by atoms with Crippen LogP contribution < -0.4 is 0 Å². The van der Waals surface area contributed by atoms with Gasteiger partial charge in [-0.1, -0.05) is 13.3 Å². The van der Waals surface area contributed by atoms with E-state index in [1.54, 1.807) is 0 Å². The summed E-state index contributed by atoms with van der Waals surface area (Å²) in [6, 6.07) is 1.57. The van der Waals surface area contributed by atoms with Crippen molar-refractivity contribution in [2.24, 2.45) is 0 Å². The maximum absolute atomic E-state index is 2.60. The molecule has 0 aliphatic carbocycles. The Balaban J connectivity index is 2.24. The summed E-state index contributed by atoms with van der Waals surface area (Å²) in [6.45, 7) is 10.7. The van der Waals surface area contributed by atoms with Gasteiger partial charge in [-0.15, -0.1) is 0 Å². The van der Waals surface area contributed by atoms with Gasteiger partial charge in [0.05, 0.1) is 0 Å². The standard InChI is InChI=1S/C13H28N2/c1-5-6-9-14(4)13-7-10-15(11-8-13)12(2)3/h12-13H,5-11H2,1-4H3. The molecule has 2 nitrogen and oxygen atoms in total. The van der Waals surface area contributed by atoms with E-state index in [1.807, 2.05) is 0 Å². The first-order valence-electron chi connectivity index (χ1n) is 6.59. The van der Waals surface area contributed by atoms with Gasteiger partial charge in [-0.25, -0.2) is 0 Å². The summed E-state index contributed by atoms with van der Waals surface area (Å²) < 4.78 is 0. The molecule has 1 saturated heterocycles. The highest BCUT2D eigenvalue weighted by molar-refractivity contribution is 4.79. The molecule has 1 aliphatic heterocycles. The predicted octanol–water partition coefficient (Wildman–Crippen LogP) is 2.59. The van der Waals surface area contributed by atoms with Crippen LogP contribution in [0.15, 0.2) is 0 Å². The molecule has 0 N–H and O–H groups in total. The molecular weight excluding hydrogens is 184 g/mol. The van der Waals surface area contributed by atoms with E-state index in [1.165, 1.54) is 45.3 Å². The van der Waals surface area contributed by atoms with Gasteiger partial charge >= 0.3 is 0 Å². The minimum Gasteiger partial charge on any atom is -0.303 e. The highest BCUT2D eigenvalue weighted by Crippen LogP contribution is 2.17. The smallest absolute Gasteiger partial charge is 0.0117 e. The molecule has 1 fully saturated rings. The van der Waals surface area contributed by atoms with E-state index in [-0.39, 0.29) is 0 Å². The fourth-order valence-electron chi connectivity index (χ4n) is 2.43. The third-order valence-electron chi connectivity index (χ3n) is 3.72. The Hall–Kier alpha value is -0.0800. The maximum atomic E-state index is 2.60. The van der Waals surface area contributed by atoms with Crippen molar-refractivity contribution in [3.63, 3.8) is 0 Å². The van der Waals surface area contributed by atoms with Gasteiger partial charge in [0, 0.05) is 12.1 Å². The molecule has 2 heteroatoms. The van der Waals surface area contributed by atoms with Crippen LogP contribution in [0.25, 0.3) is 0 Å². The predicted molar refractivity (Wildman–Crippen MR) is 67.3 cm³/mol. The second kappa shape index (κ2) is 6.49. The van der Waals surface area contributed by atoms with Crippen molar-refractivity contribution in [2.75, 3.05) is 26.7 Å². The second-order valence-electron chi connectivity index (χ2n) is 5.20. The normalized spacial score (nSPS) is 20.4. The quantitative estimate of drug-likeness (QED) is 0.691. The zero-order chi connectivity index (χ0) is 11.3. The molecule has 0 radical (unpaired) electrons. The minimum atomic E-state index is 0.729. The van der Waals surface area contributed by atoms with Crippen molar-refractivity contribution in [1.29, 1.82) is 0 Å². The number of unbranched alkanes of at least 4 members (excludes halogenated alkanes) is 1. The Bertz CT molecular complexity index is 160. The molecule has 0 atom stereocenters. The highest BCUT2D eigenvalue weighted by atomic mass is 15.2. The van der Waals surface area contributed by atoms with Gasteiger partial charge in [0.2, 0.25) is 0 Å². The Kier molecular flexibility index (Phi) is 5.62. The third-order valence-corrected chi connectivity index (χ3v) is 3.72. The number of hydrogen-bond acceptors (Lipinski definition) is 2. The molecule has 1 heterocycles. The maximum Gasteiger partial charge on any atom is 0.0117 e. The SMILES string of the molecule is CCCCN(C)C1CCN(C(C)C)CC1. The third kappa shape index (κ3) is 4.12. The van der Waals surface area contributed by atoms with Crippen LogP contribution in [0.3, 0.4) is 0 Å². The molecule has 15 heavy (non-hydrogen) atoms. The minimum absolute atomic E-state index is 0.729. The zero-order valence-corrected chi connectivity index (χ0v) is 11.0. The fourth-order valence-corrected chi connectivity index (χ4v) is 2.43. The number of rotatable bonds is 5. The summed E-state index contributed by atoms with van der Waals surface area (Å²) in [7, 11) is 2.30. The van der Waals surface area contributed by atoms with E-state index >= 15 is 0 Å². The number of nitrogens with zero attached hydrogens (tertiary/aromatic N) is 2. The number of piperidine rings is 1. The second-order valence-corrected chi connectivity index (χ2v) is 5.20. The molecule has 0 aromatic carbocycles. The van der Waals surface area contributed by atoms with E-state index < -0.39 is 0 Å². The van der Waals surface area contributed by atoms with Gasteiger partial charge < -0.3 is 9.80 Å². The van der Waals surface area contributed by atoms with E-state index in [4.69, 9.17) is 0 Å². The zero-order valence-electron chi connectivity index (χ0n) is 11.0. The molecule has 0 amide bonds. The van der Waals surface area contributed by atoms with Crippen LogP contribution in [0.4, 0.5) is 0 Å². The van der Waals surface area contributed by atoms with E-state index in [0.29, 0.717) is 0 Å². The van der Waals surface area contributed by atoms with Crippen molar-refractivity contribution >= 4 is 0 Å². The van der Waals surface area contributed by atoms with Crippen molar-refractivity contribution in [3.05, 3.63) is 0 Å². The van der Waals surface area contributed by atoms with Crippen molar-refractivity contribution in [2.45, 2.75) is 58.5 Å². The molecule has 0 spiro atoms. The summed E-state index contributed by atoms with van der Waals surface area (Å²) in [6.07, 6.45) is 5.38. The molecule has 90 valence electrons. The fraction of sp³-hybridized carbons (Fsp3) is 1.00. The molecule has 0 aromatic heterocycles. The Labute approximate surface area is 95.6 Å². The monoisotopic (exact) mass is 212 g/mol. The lowest BCUT2D eigenvalue weighted by atomic mass is 10.0. The average molecular weight is 212 g/mol. The summed E-state index contributed by atoms with van der Waals surface area (Å²) in [5.41, 5.74) is 0. The van der Waals surface area contributed by atoms with E-state index in [9.17, 15) is 0 Å². The van der Waals surface area contributed by atoms with Crippen LogP contribution >= 0.6 is 0 Å². The van der Waals surface area contributed by atoms with Crippen LogP contribution in [0, 0.1) is 0 Å². The lowest BCUT2D eigenvalue weighted by molar-refractivity contribution is 0.107. The van der Waals surface area contributed by atoms with Crippen molar-refractivity contribution in [3.8, 4) is 0 Å². The summed E-state index contributed by atoms with van der Waals surface area (Å²) in [5, 5.41) is 0. The highest BCUT2D eigenvalue weighted by Gasteiger charge is 2.22. The van der Waals surface area contributed by atoms with Gasteiger partial charge in [0.1, 0.15) is 0 Å². The van der Waals surface area contributed by atoms with Crippen LogP contribution in [0.2, 0.25) is 0 Å². The Morgan fingerprint density at radius 2 is 1.87 bits per heavy atom. The molecule has 0 saturated carbocycles. The van der Waals surface area contributed by atoms with Gasteiger partial charge in [-0.2, -0.15) is 0 Å². The molecule has 1 aliphatic rings. The molecule has 1 rings (SSSR count). The van der Waals surface area contributed by atoms with Gasteiger partial charge in [-0.05, 0) is 59.8 Å². The van der Waals surface area contributed by atoms with Crippen LogP contribution in [-0.2, 0) is 0 Å². The van der Waals surface area contributed by atoms with Gasteiger partial charge in [0.15, 0.2) is 0 Å². The van der Waals surface area contributed by atoms with Gasteiger partial charge in [-0.3, -0.25) is 0 Å². The topological polar surface area (TPSA) is 6.48 Å². The van der Waals surface area contributed by atoms with Crippen molar-refractivity contribution < 1.29 is 0 Å². The largest absolute Gasteiger partial charge is 0.303 e. The summed E-state index contributed by atoms with van der Waals surface area (Å²) in [4.78, 5) is 5.17. The first kappa shape index (κ1) is 13.0. The first-order valence-corrected chi connectivity index (χ1v) is 6.59. The lowest BCUT2D eigenvalue weighted by Crippen LogP contribution is -2.45. The number of likely N-dealkylation sites (tertiary alicyclic amines) is 1. The van der Waals surface area contributed by atoms with Crippen LogP contribution in [0.5, 0.6) is 0 Å². The van der Waals surface area contributed by atoms with E-state index in [2.05, 4.69) is 37.6 Å². The summed E-state index contributed by atoms with van der Waals surface area (Å²) in [5.74, 6) is 0. The van der Waals surface area contributed by atoms with Crippen LogP contribution in [0.1, 0.15) is 46.5 Å². The Morgan fingerprint density at radius 1 is 1.27 bits per heavy atom. The van der Waals surface area contributed by atoms with Crippen LogP contribution in [-0.4, -0.2) is 48.6 Å². The van der Waals surface area contributed by atoms with Gasteiger partial charge in [0.25, 0.3) is 0 Å².